The lowest BCUT2D eigenvalue weighted by Crippen LogP contribution is -2.35. The number of hydrogen-bond donors (Lipinski definition) is 0. The van der Waals surface area contributed by atoms with Gasteiger partial charge < -0.3 is 9.30 Å². The molecule has 3 unspecified atom stereocenters. The van der Waals surface area contributed by atoms with Crippen LogP contribution in [0.1, 0.15) is 86.5 Å². The highest BCUT2D eigenvalue weighted by atomic mass is 19.1. The number of carbonyl (C=O) groups excluding carboxylic acids is 2. The zero-order chi connectivity index (χ0) is 31.1. The molecule has 1 aromatic heterocycles. The molecule has 2 aromatic carbocycles. The molecule has 8 heteroatoms. The van der Waals surface area contributed by atoms with Gasteiger partial charge in [-0.15, -0.1) is 0 Å². The Kier molecular flexibility index (Phi) is 11.3. The van der Waals surface area contributed by atoms with E-state index in [1.165, 1.54) is 29.7 Å². The summed E-state index contributed by atoms with van der Waals surface area (Å²) in [6.45, 7) is 10.8. The van der Waals surface area contributed by atoms with Crippen molar-refractivity contribution in [1.29, 1.82) is 0 Å². The van der Waals surface area contributed by atoms with Crippen LogP contribution in [0.2, 0.25) is 0 Å². The van der Waals surface area contributed by atoms with Crippen molar-refractivity contribution < 1.29 is 27.5 Å². The van der Waals surface area contributed by atoms with Gasteiger partial charge in [0.05, 0.1) is 18.2 Å². The molecule has 0 bridgehead atoms. The smallest absolute Gasteiger partial charge is 0.306 e. The van der Waals surface area contributed by atoms with Crippen molar-refractivity contribution >= 4 is 11.8 Å². The summed E-state index contributed by atoms with van der Waals surface area (Å²) >= 11 is 0. The van der Waals surface area contributed by atoms with E-state index in [-0.39, 0.29) is 47.4 Å². The van der Waals surface area contributed by atoms with Crippen molar-refractivity contribution in [3.05, 3.63) is 92.4 Å². The number of ether oxygens (including phenoxy) is 1. The fraction of sp³-hybridized carbons (Fsp3) is 0.441. The largest absolute Gasteiger partial charge is 0.466 e. The van der Waals surface area contributed by atoms with E-state index in [1.807, 2.05) is 13.8 Å². The summed E-state index contributed by atoms with van der Waals surface area (Å²) in [6.07, 6.45) is 2.75. The fourth-order valence-corrected chi connectivity index (χ4v) is 5.53. The first-order chi connectivity index (χ1) is 19.8. The van der Waals surface area contributed by atoms with E-state index in [1.54, 1.807) is 38.2 Å². The third kappa shape index (κ3) is 7.99. The standard InChI is InChI=1S/C20H22F2O2.C14H18FNO2/c1-5-24-18(23)7-6-15-11-16(8-14(4)20(15)22)19-12(2)9-17(21)10-13(19)3;1-9-5-6-13(17)12(8-9)16-7-3-4-11(10(2)15)14(16)18/h8-11H,5-7H2,1-4H3;3-4,7,9-10,12H,5-6,8H2,1-2H3. The second-order valence-corrected chi connectivity index (χ2v) is 11.1. The van der Waals surface area contributed by atoms with Gasteiger partial charge in [-0.3, -0.25) is 14.4 Å². The molecule has 42 heavy (non-hydrogen) atoms. The van der Waals surface area contributed by atoms with Gasteiger partial charge in [0.1, 0.15) is 17.8 Å². The molecule has 0 N–H and O–H groups in total. The number of ketones is 1. The molecule has 1 fully saturated rings. The number of aromatic nitrogens is 1. The average Bonchev–Trinajstić information content (AvgIpc) is 2.91. The van der Waals surface area contributed by atoms with Crippen LogP contribution in [0.15, 0.2) is 47.4 Å². The maximum Gasteiger partial charge on any atom is 0.306 e. The van der Waals surface area contributed by atoms with Gasteiger partial charge in [0, 0.05) is 19.0 Å². The lowest BCUT2D eigenvalue weighted by atomic mass is 9.86. The highest BCUT2D eigenvalue weighted by Gasteiger charge is 2.29. The zero-order valence-electron chi connectivity index (χ0n) is 25.2. The Morgan fingerprint density at radius 2 is 1.74 bits per heavy atom. The van der Waals surface area contributed by atoms with Crippen LogP contribution in [0.3, 0.4) is 0 Å². The van der Waals surface area contributed by atoms with E-state index in [2.05, 4.69) is 6.92 Å². The second-order valence-electron chi connectivity index (χ2n) is 11.1. The maximum absolute atomic E-state index is 14.4. The number of halogens is 3. The van der Waals surface area contributed by atoms with Gasteiger partial charge in [-0.1, -0.05) is 6.92 Å². The third-order valence-electron chi connectivity index (χ3n) is 7.67. The Labute approximate surface area is 245 Å². The first kappa shape index (κ1) is 32.8. The molecule has 1 aliphatic carbocycles. The molecule has 0 amide bonds. The first-order valence-corrected chi connectivity index (χ1v) is 14.4. The van der Waals surface area contributed by atoms with Crippen LogP contribution in [0.25, 0.3) is 11.1 Å². The Balaban J connectivity index is 0.000000240. The minimum atomic E-state index is -1.30. The normalized spacial score (nSPS) is 17.3. The van der Waals surface area contributed by atoms with Crippen LogP contribution < -0.4 is 5.56 Å². The van der Waals surface area contributed by atoms with Crippen molar-refractivity contribution in [2.24, 2.45) is 5.92 Å². The molecular formula is C34H40F3NO4. The number of nitrogens with zero attached hydrogens (tertiary/aromatic N) is 1. The highest BCUT2D eigenvalue weighted by Crippen LogP contribution is 2.32. The monoisotopic (exact) mass is 583 g/mol. The van der Waals surface area contributed by atoms with E-state index in [9.17, 15) is 27.6 Å². The van der Waals surface area contributed by atoms with E-state index in [0.717, 1.165) is 28.7 Å². The molecule has 1 aliphatic rings. The highest BCUT2D eigenvalue weighted by molar-refractivity contribution is 5.83. The fourth-order valence-electron chi connectivity index (χ4n) is 5.53. The predicted molar refractivity (Wildman–Crippen MR) is 158 cm³/mol. The Bertz CT molecular complexity index is 1470. The molecule has 1 heterocycles. The molecule has 3 atom stereocenters. The SMILES string of the molecule is CC1CCC(=O)C(n2cccc(C(C)F)c2=O)C1.CCOC(=O)CCc1cc(-c2c(C)cc(F)cc2C)cc(C)c1F. The molecule has 226 valence electrons. The summed E-state index contributed by atoms with van der Waals surface area (Å²) < 4.78 is 47.5. The number of carbonyl (C=O) groups is 2. The van der Waals surface area contributed by atoms with Gasteiger partial charge >= 0.3 is 5.97 Å². The minimum absolute atomic E-state index is 0.0823. The molecule has 3 aromatic rings. The van der Waals surface area contributed by atoms with Crippen molar-refractivity contribution in [2.45, 2.75) is 85.9 Å². The number of aryl methyl sites for hydroxylation is 4. The van der Waals surface area contributed by atoms with Gasteiger partial charge in [-0.25, -0.2) is 13.2 Å². The van der Waals surface area contributed by atoms with Crippen LogP contribution in [-0.2, 0) is 20.7 Å². The number of Topliss-reactive ketones (excluding diaryl/α,β-unsaturated/α-hetero) is 1. The van der Waals surface area contributed by atoms with Gasteiger partial charge in [-0.2, -0.15) is 0 Å². The van der Waals surface area contributed by atoms with Gasteiger partial charge in [-0.05, 0) is 130 Å². The molecule has 0 aliphatic heterocycles. The summed E-state index contributed by atoms with van der Waals surface area (Å²) in [5, 5.41) is 0. The molecule has 0 radical (unpaired) electrons. The second kappa shape index (κ2) is 14.5. The number of rotatable bonds is 7. The quantitative estimate of drug-likeness (QED) is 0.266. The zero-order valence-corrected chi connectivity index (χ0v) is 25.2. The van der Waals surface area contributed by atoms with Crippen molar-refractivity contribution in [3.63, 3.8) is 0 Å². The summed E-state index contributed by atoms with van der Waals surface area (Å²) in [4.78, 5) is 35.6. The van der Waals surface area contributed by atoms with Gasteiger partial charge in [0.25, 0.3) is 5.56 Å². The van der Waals surface area contributed by atoms with Crippen LogP contribution >= 0.6 is 0 Å². The van der Waals surface area contributed by atoms with Crippen LogP contribution in [-0.4, -0.2) is 22.9 Å². The average molecular weight is 584 g/mol. The van der Waals surface area contributed by atoms with E-state index in [0.29, 0.717) is 36.5 Å². The van der Waals surface area contributed by atoms with E-state index in [4.69, 9.17) is 4.74 Å². The summed E-state index contributed by atoms with van der Waals surface area (Å²) in [7, 11) is 0. The van der Waals surface area contributed by atoms with Crippen molar-refractivity contribution in [3.8, 4) is 11.1 Å². The predicted octanol–water partition coefficient (Wildman–Crippen LogP) is 7.86. The molecule has 0 spiro atoms. The van der Waals surface area contributed by atoms with Crippen LogP contribution in [0.4, 0.5) is 13.2 Å². The van der Waals surface area contributed by atoms with Crippen molar-refractivity contribution in [1.82, 2.24) is 4.57 Å². The molecule has 5 nitrogen and oxygen atoms in total. The Morgan fingerprint density at radius 1 is 1.07 bits per heavy atom. The summed E-state index contributed by atoms with van der Waals surface area (Å²) in [5.74, 6) is -0.422. The Hall–Kier alpha value is -3.68. The van der Waals surface area contributed by atoms with E-state index < -0.39 is 12.2 Å². The Morgan fingerprint density at radius 3 is 2.36 bits per heavy atom. The van der Waals surface area contributed by atoms with Crippen molar-refractivity contribution in [2.75, 3.05) is 6.61 Å². The number of benzene rings is 2. The van der Waals surface area contributed by atoms with Gasteiger partial charge in [0.15, 0.2) is 5.78 Å². The minimum Gasteiger partial charge on any atom is -0.466 e. The van der Waals surface area contributed by atoms with E-state index >= 15 is 0 Å². The number of alkyl halides is 1. The summed E-state index contributed by atoms with van der Waals surface area (Å²) in [6, 6.07) is 9.16. The van der Waals surface area contributed by atoms with Crippen LogP contribution in [0.5, 0.6) is 0 Å². The number of hydrogen-bond acceptors (Lipinski definition) is 4. The topological polar surface area (TPSA) is 65.4 Å². The lowest BCUT2D eigenvalue weighted by molar-refractivity contribution is -0.143. The van der Waals surface area contributed by atoms with Gasteiger partial charge in [0.2, 0.25) is 0 Å². The number of pyridine rings is 1. The van der Waals surface area contributed by atoms with Crippen LogP contribution in [0, 0.1) is 38.3 Å². The molecular weight excluding hydrogens is 543 g/mol. The summed E-state index contributed by atoms with van der Waals surface area (Å²) in [5.41, 5.74) is 4.07. The first-order valence-electron chi connectivity index (χ1n) is 14.4. The molecule has 0 saturated heterocycles. The lowest BCUT2D eigenvalue weighted by Gasteiger charge is -2.27. The number of esters is 1. The molecule has 1 saturated carbocycles. The maximum atomic E-state index is 14.4. The molecule has 4 rings (SSSR count). The third-order valence-corrected chi connectivity index (χ3v) is 7.67.